The predicted octanol–water partition coefficient (Wildman–Crippen LogP) is -1.66. The molecule has 4 atom stereocenters. The van der Waals surface area contributed by atoms with Crippen molar-refractivity contribution < 1.29 is 28.9 Å². The number of aliphatic hydroxyl groups is 1. The molecule has 0 aromatic carbocycles. The zero-order valence-electron chi connectivity index (χ0n) is 11.3. The molecule has 1 rings (SSSR count). The monoisotopic (exact) mass is 293 g/mol. The number of aliphatic hydroxyl groups excluding tert-OH is 1. The lowest BCUT2D eigenvalue weighted by atomic mass is 9.93. The molecule has 1 heterocycles. The van der Waals surface area contributed by atoms with Crippen LogP contribution in [0.5, 0.6) is 0 Å². The quantitative estimate of drug-likeness (QED) is 0.398. The van der Waals surface area contributed by atoms with Crippen molar-refractivity contribution in [1.82, 2.24) is 4.90 Å². The molecule has 1 fully saturated rings. The van der Waals surface area contributed by atoms with Gasteiger partial charge in [0.2, 0.25) is 0 Å². The molecule has 1 unspecified atom stereocenters. The highest BCUT2D eigenvalue weighted by Crippen LogP contribution is 2.37. The molecule has 0 saturated carbocycles. The molecule has 0 radical (unpaired) electrons. The van der Waals surface area contributed by atoms with Crippen LogP contribution in [-0.4, -0.2) is 79.2 Å². The Bertz CT molecular complexity index is 360. The van der Waals surface area contributed by atoms with E-state index in [1.165, 1.54) is 6.08 Å². The first-order valence-corrected chi connectivity index (χ1v) is 7.73. The fourth-order valence-electron chi connectivity index (χ4n) is 1.83. The minimum atomic E-state index is -4.24. The van der Waals surface area contributed by atoms with Crippen molar-refractivity contribution in [3.05, 3.63) is 11.9 Å². The minimum Gasteiger partial charge on any atom is -0.387 e. The summed E-state index contributed by atoms with van der Waals surface area (Å²) in [7, 11) is 1.35. The van der Waals surface area contributed by atoms with E-state index in [0.717, 1.165) is 12.4 Å². The summed E-state index contributed by atoms with van der Waals surface area (Å²) in [6.07, 6.45) is -0.990. The third-order valence-corrected chi connectivity index (χ3v) is 3.39. The Hall–Kier alpha value is -0.205. The Balaban J connectivity index is 2.53. The summed E-state index contributed by atoms with van der Waals surface area (Å²) in [6.45, 7) is 1.18. The van der Waals surface area contributed by atoms with Crippen molar-refractivity contribution in [2.24, 2.45) is 0 Å². The second kappa shape index (κ2) is 6.99. The topological polar surface area (TPSA) is 99.5 Å². The van der Waals surface area contributed by atoms with Gasteiger partial charge in [0.05, 0.1) is 12.6 Å². The fourth-order valence-corrected chi connectivity index (χ4v) is 2.23. The van der Waals surface area contributed by atoms with Crippen LogP contribution in [0.15, 0.2) is 11.9 Å². The molecule has 19 heavy (non-hydrogen) atoms. The van der Waals surface area contributed by atoms with E-state index < -0.39 is 25.9 Å². The molecule has 0 amide bonds. The van der Waals surface area contributed by atoms with Crippen molar-refractivity contribution in [3.63, 3.8) is 0 Å². The second-order valence-electron chi connectivity index (χ2n) is 4.87. The Morgan fingerprint density at radius 2 is 2.11 bits per heavy atom. The molecule has 7 nitrogen and oxygen atoms in total. The molecule has 1 aliphatic heterocycles. The van der Waals surface area contributed by atoms with E-state index in [-0.39, 0.29) is 6.00 Å². The van der Waals surface area contributed by atoms with Crippen LogP contribution >= 0.6 is 7.60 Å². The maximum absolute atomic E-state index is 10.7. The second-order valence-corrected chi connectivity index (χ2v) is 6.34. The smallest absolute Gasteiger partial charge is 0.348 e. The van der Waals surface area contributed by atoms with Gasteiger partial charge in [0, 0.05) is 12.4 Å². The van der Waals surface area contributed by atoms with Crippen LogP contribution in [0.1, 0.15) is 0 Å². The molecular weight excluding hydrogens is 272 g/mol. The molecule has 0 aromatic heterocycles. The molecule has 0 bridgehead atoms. The number of ether oxygens (including phenoxy) is 2. The summed E-state index contributed by atoms with van der Waals surface area (Å²) < 4.78 is 21.7. The van der Waals surface area contributed by atoms with Gasteiger partial charge in [0.25, 0.3) is 0 Å². The van der Waals surface area contributed by atoms with Crippen molar-refractivity contribution in [2.45, 2.75) is 24.3 Å². The summed E-state index contributed by atoms with van der Waals surface area (Å²) in [5.74, 6) is 0.746. The van der Waals surface area contributed by atoms with E-state index in [1.807, 2.05) is 19.0 Å². The van der Waals surface area contributed by atoms with Gasteiger partial charge >= 0.3 is 7.60 Å². The molecule has 0 aromatic rings. The molecule has 1 saturated heterocycles. The van der Waals surface area contributed by atoms with Crippen molar-refractivity contribution in [1.29, 1.82) is 0 Å². The number of hydrogen-bond donors (Lipinski definition) is 3. The van der Waals surface area contributed by atoms with Gasteiger partial charge in [-0.05, 0) is 20.2 Å². The van der Waals surface area contributed by atoms with Gasteiger partial charge in [-0.3, -0.25) is 4.57 Å². The van der Waals surface area contributed by atoms with Gasteiger partial charge in [-0.2, -0.15) is 0 Å². The fraction of sp³-hybridized carbons (Fsp3) is 0.800. The molecular formula is C10H21BNO6P. The first kappa shape index (κ1) is 16.8. The third kappa shape index (κ3) is 5.75. The summed E-state index contributed by atoms with van der Waals surface area (Å²) in [4.78, 5) is 19.5. The van der Waals surface area contributed by atoms with Crippen LogP contribution in [-0.2, 0) is 14.0 Å². The van der Waals surface area contributed by atoms with Crippen LogP contribution in [0.25, 0.3) is 0 Å². The first-order valence-electron chi connectivity index (χ1n) is 6.05. The average Bonchev–Trinajstić information content (AvgIpc) is 2.52. The van der Waals surface area contributed by atoms with E-state index in [0.29, 0.717) is 6.61 Å². The SMILES string of the molecule is B[C@@H]1O[C@H](/C=C/P(=O)(O)O)[C@H](O)C1OCCN(C)C. The van der Waals surface area contributed by atoms with Crippen molar-refractivity contribution in [3.8, 4) is 0 Å². The van der Waals surface area contributed by atoms with Crippen molar-refractivity contribution >= 4 is 15.4 Å². The highest BCUT2D eigenvalue weighted by molar-refractivity contribution is 7.55. The maximum Gasteiger partial charge on any atom is 0.348 e. The average molecular weight is 293 g/mol. The lowest BCUT2D eigenvalue weighted by molar-refractivity contribution is -0.0234. The van der Waals surface area contributed by atoms with Crippen LogP contribution in [0, 0.1) is 0 Å². The Morgan fingerprint density at radius 1 is 1.47 bits per heavy atom. The van der Waals surface area contributed by atoms with E-state index in [9.17, 15) is 9.67 Å². The Labute approximate surface area is 113 Å². The first-order chi connectivity index (χ1) is 8.70. The predicted molar refractivity (Wildman–Crippen MR) is 72.7 cm³/mol. The summed E-state index contributed by atoms with van der Waals surface area (Å²) in [5.41, 5.74) is 0. The summed E-state index contributed by atoms with van der Waals surface area (Å²) in [5, 5.41) is 10.0. The highest BCUT2D eigenvalue weighted by Gasteiger charge is 2.40. The van der Waals surface area contributed by atoms with E-state index in [2.05, 4.69) is 0 Å². The zero-order chi connectivity index (χ0) is 14.6. The maximum atomic E-state index is 10.7. The van der Waals surface area contributed by atoms with Crippen LogP contribution in [0.2, 0.25) is 0 Å². The third-order valence-electron chi connectivity index (χ3n) is 2.83. The molecule has 110 valence electrons. The van der Waals surface area contributed by atoms with Gasteiger partial charge < -0.3 is 29.3 Å². The van der Waals surface area contributed by atoms with E-state index >= 15 is 0 Å². The van der Waals surface area contributed by atoms with Crippen LogP contribution in [0.4, 0.5) is 0 Å². The van der Waals surface area contributed by atoms with Crippen LogP contribution in [0.3, 0.4) is 0 Å². The number of rotatable bonds is 6. The van der Waals surface area contributed by atoms with Gasteiger partial charge in [-0.25, -0.2) is 0 Å². The standard InChI is InChI=1S/C10H21BNO6P/c1-12(2)4-5-17-9-8(13)7(18-10(9)11)3-6-19(14,15)16/h3,6-10,13H,4-5,11H2,1-2H3,(H2,14,15,16)/b6-3+/t7-,8+,9?,10-/m1/s1. The molecule has 3 N–H and O–H groups in total. The zero-order valence-corrected chi connectivity index (χ0v) is 12.2. The largest absolute Gasteiger partial charge is 0.387 e. The van der Waals surface area contributed by atoms with E-state index in [4.69, 9.17) is 19.3 Å². The van der Waals surface area contributed by atoms with Gasteiger partial charge in [-0.15, -0.1) is 0 Å². The van der Waals surface area contributed by atoms with E-state index in [1.54, 1.807) is 7.85 Å². The minimum absolute atomic E-state index is 0.330. The molecule has 9 heteroatoms. The number of likely N-dealkylation sites (N-methyl/N-ethyl adjacent to an activating group) is 1. The lowest BCUT2D eigenvalue weighted by Gasteiger charge is -2.19. The number of hydrogen-bond acceptors (Lipinski definition) is 5. The molecule has 0 aliphatic carbocycles. The molecule has 0 spiro atoms. The van der Waals surface area contributed by atoms with Gasteiger partial charge in [0.1, 0.15) is 26.2 Å². The Kier molecular flexibility index (Phi) is 6.20. The number of nitrogens with zero attached hydrogens (tertiary/aromatic N) is 1. The summed E-state index contributed by atoms with van der Waals surface area (Å²) in [6, 6.07) is -0.330. The highest BCUT2D eigenvalue weighted by atomic mass is 31.2. The normalized spacial score (nSPS) is 32.5. The van der Waals surface area contributed by atoms with Crippen molar-refractivity contribution in [2.75, 3.05) is 27.2 Å². The molecule has 1 aliphatic rings. The van der Waals surface area contributed by atoms with Gasteiger partial charge in [-0.1, -0.05) is 0 Å². The lowest BCUT2D eigenvalue weighted by Crippen LogP contribution is -2.36. The summed E-state index contributed by atoms with van der Waals surface area (Å²) >= 11 is 0. The Morgan fingerprint density at radius 3 is 2.63 bits per heavy atom. The van der Waals surface area contributed by atoms with Crippen LogP contribution < -0.4 is 0 Å². The van der Waals surface area contributed by atoms with Gasteiger partial charge in [0.15, 0.2) is 0 Å².